The van der Waals surface area contributed by atoms with Gasteiger partial charge >= 0.3 is 6.18 Å². The van der Waals surface area contributed by atoms with Gasteiger partial charge in [-0.1, -0.05) is 72.3 Å². The standard InChI is InChI=1S/C33H28ClF3O2S.C4H5N/c1-20-16-25(34)12-15-27(20)23-17-22-11-13-29-28-9-4-3-6-21(28)10-14-30(29)31(22)32(2,19-23)40(38,39)26-8-5-7-24(18-26)33(35,36)37;1-2-4-5-3-1/h3-16,18,22-23,31H,17,19H2,1-2H3;1-5H. The Bertz CT molecular complexity index is 1970. The maximum atomic E-state index is 14.6. The van der Waals surface area contributed by atoms with Crippen molar-refractivity contribution in [3.8, 4) is 0 Å². The maximum Gasteiger partial charge on any atom is 0.416 e. The van der Waals surface area contributed by atoms with Crippen molar-refractivity contribution in [3.05, 3.63) is 142 Å². The minimum absolute atomic E-state index is 0.115. The van der Waals surface area contributed by atoms with Gasteiger partial charge in [-0.15, -0.1) is 0 Å². The first-order valence-electron chi connectivity index (χ1n) is 14.9. The molecule has 3 nitrogen and oxygen atoms in total. The molecule has 4 unspecified atom stereocenters. The van der Waals surface area contributed by atoms with E-state index in [2.05, 4.69) is 17.1 Å². The number of aromatic amines is 1. The minimum atomic E-state index is -4.65. The van der Waals surface area contributed by atoms with Crippen LogP contribution in [0.4, 0.5) is 13.2 Å². The lowest BCUT2D eigenvalue weighted by molar-refractivity contribution is -0.137. The largest absolute Gasteiger partial charge is 0.416 e. The molecule has 2 aliphatic carbocycles. The third kappa shape index (κ3) is 5.72. The molecule has 2 aliphatic rings. The fraction of sp³-hybridized carbons (Fsp3) is 0.243. The molecule has 45 heavy (non-hydrogen) atoms. The van der Waals surface area contributed by atoms with Gasteiger partial charge in [0.2, 0.25) is 0 Å². The van der Waals surface area contributed by atoms with Gasteiger partial charge in [0.05, 0.1) is 15.2 Å². The lowest BCUT2D eigenvalue weighted by atomic mass is 9.61. The molecule has 4 atom stereocenters. The Balaban J connectivity index is 0.000000652. The first-order chi connectivity index (χ1) is 21.4. The van der Waals surface area contributed by atoms with Crippen LogP contribution in [0.1, 0.15) is 59.4 Å². The van der Waals surface area contributed by atoms with Crippen LogP contribution in [0.25, 0.3) is 16.8 Å². The number of alkyl halides is 3. The van der Waals surface area contributed by atoms with Gasteiger partial charge in [-0.2, -0.15) is 13.2 Å². The number of aryl methyl sites for hydroxylation is 1. The number of allylic oxidation sites excluding steroid dienone is 1. The van der Waals surface area contributed by atoms with Crippen LogP contribution in [-0.2, 0) is 16.0 Å². The lowest BCUT2D eigenvalue weighted by Gasteiger charge is -2.50. The van der Waals surface area contributed by atoms with Crippen LogP contribution in [0.3, 0.4) is 0 Å². The summed E-state index contributed by atoms with van der Waals surface area (Å²) in [6.45, 7) is 3.69. The predicted molar refractivity (Wildman–Crippen MR) is 175 cm³/mol. The van der Waals surface area contributed by atoms with Gasteiger partial charge < -0.3 is 4.98 Å². The van der Waals surface area contributed by atoms with Gasteiger partial charge in [0, 0.05) is 23.3 Å². The third-order valence-electron chi connectivity index (χ3n) is 9.40. The molecule has 0 saturated heterocycles. The summed E-state index contributed by atoms with van der Waals surface area (Å²) in [7, 11) is -4.23. The molecule has 232 valence electrons. The lowest BCUT2D eigenvalue weighted by Crippen LogP contribution is -2.50. The summed E-state index contributed by atoms with van der Waals surface area (Å²) in [5.41, 5.74) is 2.93. The highest BCUT2D eigenvalue weighted by molar-refractivity contribution is 7.92. The molecule has 5 aromatic rings. The number of fused-ring (bicyclic) bond motifs is 5. The van der Waals surface area contributed by atoms with Crippen LogP contribution in [0.2, 0.25) is 5.02 Å². The van der Waals surface area contributed by atoms with Crippen molar-refractivity contribution in [2.45, 2.75) is 54.3 Å². The van der Waals surface area contributed by atoms with E-state index in [9.17, 15) is 21.6 Å². The Morgan fingerprint density at radius 3 is 2.31 bits per heavy atom. The van der Waals surface area contributed by atoms with Crippen molar-refractivity contribution in [3.63, 3.8) is 0 Å². The van der Waals surface area contributed by atoms with Gasteiger partial charge in [0.15, 0.2) is 9.84 Å². The van der Waals surface area contributed by atoms with Crippen LogP contribution in [0.5, 0.6) is 0 Å². The molecule has 0 spiro atoms. The second-order valence-corrected chi connectivity index (χ2v) is 15.0. The molecule has 0 radical (unpaired) electrons. The fourth-order valence-electron chi connectivity index (χ4n) is 7.35. The van der Waals surface area contributed by atoms with Gasteiger partial charge in [-0.25, -0.2) is 8.42 Å². The Hall–Kier alpha value is -3.81. The molecule has 1 heterocycles. The van der Waals surface area contributed by atoms with E-state index >= 15 is 0 Å². The average Bonchev–Trinajstić information content (AvgIpc) is 3.61. The highest BCUT2D eigenvalue weighted by Crippen LogP contribution is 2.58. The van der Waals surface area contributed by atoms with Crippen molar-refractivity contribution in [2.24, 2.45) is 5.92 Å². The van der Waals surface area contributed by atoms with Gasteiger partial charge in [0.25, 0.3) is 0 Å². The van der Waals surface area contributed by atoms with E-state index in [0.717, 1.165) is 51.6 Å². The zero-order chi connectivity index (χ0) is 32.0. The van der Waals surface area contributed by atoms with Crippen LogP contribution in [-0.4, -0.2) is 18.1 Å². The number of halogens is 4. The summed E-state index contributed by atoms with van der Waals surface area (Å²) in [5, 5.41) is 2.69. The normalized spacial score (nSPS) is 22.7. The number of sulfone groups is 1. The number of benzene rings is 4. The number of H-pyrrole nitrogens is 1. The summed E-state index contributed by atoms with van der Waals surface area (Å²) in [4.78, 5) is 2.56. The van der Waals surface area contributed by atoms with Crippen molar-refractivity contribution in [1.29, 1.82) is 0 Å². The van der Waals surface area contributed by atoms with Crippen LogP contribution >= 0.6 is 11.6 Å². The molecule has 7 rings (SSSR count). The summed E-state index contributed by atoms with van der Waals surface area (Å²) >= 11 is 6.23. The number of aromatic nitrogens is 1. The van der Waals surface area contributed by atoms with E-state index in [4.69, 9.17) is 11.6 Å². The Labute approximate surface area is 266 Å². The number of hydrogen-bond acceptors (Lipinski definition) is 2. The molecule has 8 heteroatoms. The zero-order valence-electron chi connectivity index (χ0n) is 24.9. The number of hydrogen-bond donors (Lipinski definition) is 1. The Morgan fingerprint density at radius 2 is 1.62 bits per heavy atom. The van der Waals surface area contributed by atoms with E-state index in [0.29, 0.717) is 5.02 Å². The van der Waals surface area contributed by atoms with Gasteiger partial charge in [-0.05, 0) is 114 Å². The Morgan fingerprint density at radius 1 is 0.889 bits per heavy atom. The monoisotopic (exact) mass is 647 g/mol. The summed E-state index contributed by atoms with van der Waals surface area (Å²) in [6, 6.07) is 25.7. The van der Waals surface area contributed by atoms with Crippen LogP contribution < -0.4 is 0 Å². The molecule has 4 aromatic carbocycles. The summed E-state index contributed by atoms with van der Waals surface area (Å²) < 4.78 is 68.8. The molecule has 1 N–H and O–H groups in total. The van der Waals surface area contributed by atoms with Crippen LogP contribution in [0.15, 0.2) is 114 Å². The smallest absolute Gasteiger partial charge is 0.368 e. The first kappa shape index (κ1) is 31.2. The quantitative estimate of drug-likeness (QED) is 0.212. The molecule has 1 fully saturated rings. The highest BCUT2D eigenvalue weighted by Gasteiger charge is 2.55. The molecule has 0 amide bonds. The Kier molecular flexibility index (Phi) is 8.21. The minimum Gasteiger partial charge on any atom is -0.368 e. The SMILES string of the molecule is Cc1cc(Cl)ccc1C1CC2C=Cc3c(ccc4ccccc34)C2C(C)(S(=O)(=O)c2cccc(C(F)(F)F)c2)C1.c1cc[nH]c1. The van der Waals surface area contributed by atoms with E-state index < -0.39 is 32.2 Å². The molecule has 0 bridgehead atoms. The molecule has 0 aliphatic heterocycles. The molecule has 1 aromatic heterocycles. The molecular weight excluding hydrogens is 615 g/mol. The van der Waals surface area contributed by atoms with Crippen LogP contribution in [0, 0.1) is 12.8 Å². The second kappa shape index (κ2) is 11.8. The summed E-state index contributed by atoms with van der Waals surface area (Å²) in [5.74, 6) is -0.663. The first-order valence-corrected chi connectivity index (χ1v) is 16.7. The average molecular weight is 648 g/mol. The number of nitrogens with one attached hydrogen (secondary N) is 1. The van der Waals surface area contributed by atoms with Crippen molar-refractivity contribution < 1.29 is 21.6 Å². The highest BCUT2D eigenvalue weighted by atomic mass is 35.5. The van der Waals surface area contributed by atoms with Crippen molar-refractivity contribution >= 4 is 38.3 Å². The molecule has 1 saturated carbocycles. The van der Waals surface area contributed by atoms with Crippen molar-refractivity contribution in [1.82, 2.24) is 4.98 Å². The summed E-state index contributed by atoms with van der Waals surface area (Å²) in [6.07, 6.45) is 4.30. The van der Waals surface area contributed by atoms with Gasteiger partial charge in [0.1, 0.15) is 0 Å². The molecular formula is C37H33ClF3NO2S. The second-order valence-electron chi connectivity index (χ2n) is 12.2. The zero-order valence-corrected chi connectivity index (χ0v) is 26.4. The fourth-order valence-corrected chi connectivity index (χ4v) is 9.71. The third-order valence-corrected chi connectivity index (χ3v) is 12.2. The predicted octanol–water partition coefficient (Wildman–Crippen LogP) is 10.4. The number of rotatable bonds is 3. The van der Waals surface area contributed by atoms with Gasteiger partial charge in [-0.3, -0.25) is 0 Å². The maximum absolute atomic E-state index is 14.6. The van der Waals surface area contributed by atoms with Crippen molar-refractivity contribution in [2.75, 3.05) is 0 Å². The van der Waals surface area contributed by atoms with E-state index in [1.54, 1.807) is 6.92 Å². The van der Waals surface area contributed by atoms with E-state index in [1.807, 2.05) is 86.0 Å². The topological polar surface area (TPSA) is 49.9 Å². The van der Waals surface area contributed by atoms with E-state index in [1.165, 1.54) is 12.1 Å². The van der Waals surface area contributed by atoms with E-state index in [-0.39, 0.29) is 23.2 Å².